The lowest BCUT2D eigenvalue weighted by molar-refractivity contribution is -0.0431. The first-order chi connectivity index (χ1) is 11.4. The minimum atomic E-state index is -0.623. The van der Waals surface area contributed by atoms with Crippen molar-refractivity contribution in [2.45, 2.75) is 26.6 Å². The Kier molecular flexibility index (Phi) is 4.06. The number of hydrogen-bond donors (Lipinski definition) is 0. The topological polar surface area (TPSA) is 44.8 Å². The van der Waals surface area contributed by atoms with Gasteiger partial charge in [-0.1, -0.05) is 24.3 Å². The third-order valence-corrected chi connectivity index (χ3v) is 3.83. The van der Waals surface area contributed by atoms with E-state index in [1.165, 1.54) is 7.11 Å². The van der Waals surface area contributed by atoms with Gasteiger partial charge in [0.2, 0.25) is 5.79 Å². The van der Waals surface area contributed by atoms with Gasteiger partial charge in [0.1, 0.15) is 0 Å². The molecule has 1 heterocycles. The fraction of sp³-hybridized carbons (Fsp3) is 0.250. The van der Waals surface area contributed by atoms with E-state index in [0.717, 1.165) is 28.2 Å². The molecular formula is C20H20O4. The molecule has 0 saturated heterocycles. The number of methoxy groups -OCH3 is 1. The molecule has 0 spiro atoms. The monoisotopic (exact) mass is 324 g/mol. The Bertz CT molecular complexity index is 801. The van der Waals surface area contributed by atoms with Crippen LogP contribution in [-0.4, -0.2) is 18.9 Å². The van der Waals surface area contributed by atoms with Crippen molar-refractivity contribution in [3.8, 4) is 11.5 Å². The quantitative estimate of drug-likeness (QED) is 0.614. The van der Waals surface area contributed by atoms with Crippen molar-refractivity contribution in [3.63, 3.8) is 0 Å². The summed E-state index contributed by atoms with van der Waals surface area (Å²) in [5.41, 5.74) is 3.71. The molecule has 1 aliphatic rings. The lowest BCUT2D eigenvalue weighted by atomic mass is 10.0. The lowest BCUT2D eigenvalue weighted by Crippen LogP contribution is -2.29. The molecule has 0 aliphatic carbocycles. The van der Waals surface area contributed by atoms with Gasteiger partial charge in [0.25, 0.3) is 0 Å². The average Bonchev–Trinajstić information content (AvgIpc) is 2.87. The molecule has 0 unspecified atom stereocenters. The molecule has 1 aliphatic heterocycles. The lowest BCUT2D eigenvalue weighted by Gasteiger charge is -2.16. The Balaban J connectivity index is 1.83. The van der Waals surface area contributed by atoms with Crippen LogP contribution < -0.4 is 9.47 Å². The molecule has 0 N–H and O–H groups in total. The van der Waals surface area contributed by atoms with Crippen LogP contribution in [0.15, 0.2) is 42.5 Å². The number of benzene rings is 2. The van der Waals surface area contributed by atoms with Gasteiger partial charge in [0, 0.05) is 13.8 Å². The van der Waals surface area contributed by atoms with Crippen molar-refractivity contribution in [1.29, 1.82) is 0 Å². The third-order valence-electron chi connectivity index (χ3n) is 3.83. The Hall–Kier alpha value is -2.75. The largest absolute Gasteiger partial charge is 0.465 e. The molecule has 0 atom stereocenters. The first-order valence-electron chi connectivity index (χ1n) is 7.77. The van der Waals surface area contributed by atoms with Crippen LogP contribution in [0.2, 0.25) is 0 Å². The van der Waals surface area contributed by atoms with E-state index in [1.807, 2.05) is 51.1 Å². The number of fused-ring (bicyclic) bond motifs is 1. The predicted molar refractivity (Wildman–Crippen MR) is 93.1 cm³/mol. The number of rotatable bonds is 3. The van der Waals surface area contributed by atoms with E-state index in [-0.39, 0.29) is 5.97 Å². The molecule has 0 aromatic heterocycles. The highest BCUT2D eigenvalue weighted by Crippen LogP contribution is 2.40. The molecule has 4 heteroatoms. The summed E-state index contributed by atoms with van der Waals surface area (Å²) >= 11 is 0. The van der Waals surface area contributed by atoms with E-state index in [0.29, 0.717) is 5.56 Å². The highest BCUT2D eigenvalue weighted by molar-refractivity contribution is 5.90. The van der Waals surface area contributed by atoms with Crippen molar-refractivity contribution in [2.75, 3.05) is 7.11 Å². The zero-order chi connectivity index (χ0) is 17.3. The highest BCUT2D eigenvalue weighted by atomic mass is 16.7. The van der Waals surface area contributed by atoms with E-state index < -0.39 is 5.79 Å². The Morgan fingerprint density at radius 1 is 1.00 bits per heavy atom. The molecule has 2 aromatic rings. The van der Waals surface area contributed by atoms with Crippen LogP contribution in [0.25, 0.3) is 11.6 Å². The van der Waals surface area contributed by atoms with Crippen LogP contribution in [0.3, 0.4) is 0 Å². The van der Waals surface area contributed by atoms with Crippen molar-refractivity contribution in [3.05, 3.63) is 59.2 Å². The van der Waals surface area contributed by atoms with E-state index >= 15 is 0 Å². The molecule has 124 valence electrons. The summed E-state index contributed by atoms with van der Waals surface area (Å²) in [7, 11) is 1.38. The highest BCUT2D eigenvalue weighted by Gasteiger charge is 2.31. The third kappa shape index (κ3) is 3.27. The first kappa shape index (κ1) is 16.1. The first-order valence-corrected chi connectivity index (χ1v) is 7.77. The summed E-state index contributed by atoms with van der Waals surface area (Å²) in [6.07, 6.45) is 2.06. The molecular weight excluding hydrogens is 304 g/mol. The minimum absolute atomic E-state index is 0.333. The summed E-state index contributed by atoms with van der Waals surface area (Å²) in [5, 5.41) is 0. The van der Waals surface area contributed by atoms with E-state index in [9.17, 15) is 4.79 Å². The second-order valence-corrected chi connectivity index (χ2v) is 6.21. The van der Waals surface area contributed by atoms with Crippen molar-refractivity contribution in [1.82, 2.24) is 0 Å². The molecule has 0 bridgehead atoms. The van der Waals surface area contributed by atoms with E-state index in [4.69, 9.17) is 14.2 Å². The Morgan fingerprint density at radius 2 is 1.62 bits per heavy atom. The Morgan fingerprint density at radius 3 is 2.29 bits per heavy atom. The summed E-state index contributed by atoms with van der Waals surface area (Å²) in [6, 6.07) is 13.2. The second-order valence-electron chi connectivity index (χ2n) is 6.21. The molecule has 0 fully saturated rings. The summed E-state index contributed by atoms with van der Waals surface area (Å²) in [4.78, 5) is 11.5. The maximum atomic E-state index is 11.5. The number of carbonyl (C=O) groups excluding carboxylic acids is 1. The molecule has 0 radical (unpaired) electrons. The van der Waals surface area contributed by atoms with Crippen LogP contribution in [0.4, 0.5) is 0 Å². The van der Waals surface area contributed by atoms with Crippen LogP contribution in [0, 0.1) is 0 Å². The summed E-state index contributed by atoms with van der Waals surface area (Å²) in [5.74, 6) is 0.563. The smallest absolute Gasteiger partial charge is 0.337 e. The number of ether oxygens (including phenoxy) is 3. The van der Waals surface area contributed by atoms with Gasteiger partial charge in [0.15, 0.2) is 11.5 Å². The van der Waals surface area contributed by atoms with Gasteiger partial charge in [0.05, 0.1) is 12.7 Å². The number of carbonyl (C=O) groups is 1. The van der Waals surface area contributed by atoms with Crippen LogP contribution in [0.5, 0.6) is 11.5 Å². The number of hydrogen-bond acceptors (Lipinski definition) is 4. The van der Waals surface area contributed by atoms with Gasteiger partial charge in [-0.2, -0.15) is 0 Å². The van der Waals surface area contributed by atoms with Gasteiger partial charge < -0.3 is 14.2 Å². The van der Waals surface area contributed by atoms with Gasteiger partial charge in [-0.15, -0.1) is 0 Å². The molecule has 0 saturated carbocycles. The van der Waals surface area contributed by atoms with Gasteiger partial charge in [-0.05, 0) is 47.9 Å². The fourth-order valence-electron chi connectivity index (χ4n) is 2.63. The SMILES string of the molecule is COC(=O)c1ccc(C=C(C)c2ccc3c(c2)OC(C)(C)O3)cc1. The molecule has 24 heavy (non-hydrogen) atoms. The predicted octanol–water partition coefficient (Wildman–Crippen LogP) is 4.54. The van der Waals surface area contributed by atoms with Gasteiger partial charge in [-0.3, -0.25) is 0 Å². The van der Waals surface area contributed by atoms with Crippen LogP contribution >= 0.6 is 0 Å². The molecule has 3 rings (SSSR count). The number of allylic oxidation sites excluding steroid dienone is 1. The number of esters is 1. The maximum absolute atomic E-state index is 11.5. The zero-order valence-electron chi connectivity index (χ0n) is 14.3. The summed E-state index contributed by atoms with van der Waals surface area (Å²) in [6.45, 7) is 5.81. The summed E-state index contributed by atoms with van der Waals surface area (Å²) < 4.78 is 16.2. The van der Waals surface area contributed by atoms with Gasteiger partial charge in [-0.25, -0.2) is 4.79 Å². The average molecular weight is 324 g/mol. The maximum Gasteiger partial charge on any atom is 0.337 e. The second kappa shape index (κ2) is 6.04. The van der Waals surface area contributed by atoms with Crippen LogP contribution in [0.1, 0.15) is 42.3 Å². The van der Waals surface area contributed by atoms with E-state index in [1.54, 1.807) is 12.1 Å². The van der Waals surface area contributed by atoms with Gasteiger partial charge >= 0.3 is 5.97 Å². The van der Waals surface area contributed by atoms with Crippen molar-refractivity contribution in [2.24, 2.45) is 0 Å². The molecule has 0 amide bonds. The fourth-order valence-corrected chi connectivity index (χ4v) is 2.63. The van der Waals surface area contributed by atoms with Crippen molar-refractivity contribution < 1.29 is 19.0 Å². The normalized spacial score (nSPS) is 15.2. The molecule has 2 aromatic carbocycles. The molecule has 4 nitrogen and oxygen atoms in total. The standard InChI is InChI=1S/C20H20O4/c1-13(11-14-5-7-15(8-6-14)19(21)22-4)16-9-10-17-18(12-16)24-20(2,3)23-17/h5-12H,1-4H3. The minimum Gasteiger partial charge on any atom is -0.465 e. The van der Waals surface area contributed by atoms with Crippen LogP contribution in [-0.2, 0) is 4.74 Å². The zero-order valence-corrected chi connectivity index (χ0v) is 14.3. The van der Waals surface area contributed by atoms with E-state index in [2.05, 4.69) is 6.08 Å². The Labute approximate surface area is 141 Å². The van der Waals surface area contributed by atoms with Crippen molar-refractivity contribution >= 4 is 17.6 Å².